The molecule has 0 unspecified atom stereocenters. The number of nitro benzene ring substituents is 1. The third-order valence-electron chi connectivity index (χ3n) is 3.46. The second-order valence-electron chi connectivity index (χ2n) is 4.84. The maximum atomic E-state index is 11.3. The number of ketones is 1. The van der Waals surface area contributed by atoms with E-state index in [9.17, 15) is 14.9 Å². The van der Waals surface area contributed by atoms with Crippen LogP contribution in [0.5, 0.6) is 0 Å². The number of hydrogen-bond acceptors (Lipinski definition) is 5. The van der Waals surface area contributed by atoms with E-state index < -0.39 is 4.92 Å². The molecule has 6 nitrogen and oxygen atoms in total. The molecule has 1 aromatic rings. The van der Waals surface area contributed by atoms with Crippen LogP contribution in [0.1, 0.15) is 30.1 Å². The number of carbonyl (C=O) groups excluding carboxylic acids is 1. The van der Waals surface area contributed by atoms with Crippen molar-refractivity contribution in [2.24, 2.45) is 5.73 Å². The van der Waals surface area contributed by atoms with E-state index in [0.29, 0.717) is 24.3 Å². The summed E-state index contributed by atoms with van der Waals surface area (Å²) in [6.45, 7) is 2.82. The van der Waals surface area contributed by atoms with Crippen LogP contribution in [0.4, 0.5) is 11.4 Å². The number of hydrogen-bond donors (Lipinski definition) is 1. The van der Waals surface area contributed by atoms with Gasteiger partial charge in [-0.2, -0.15) is 0 Å². The summed E-state index contributed by atoms with van der Waals surface area (Å²) in [4.78, 5) is 24.0. The van der Waals surface area contributed by atoms with Crippen molar-refractivity contribution in [3.63, 3.8) is 0 Å². The van der Waals surface area contributed by atoms with Crippen molar-refractivity contribution in [3.8, 4) is 0 Å². The van der Waals surface area contributed by atoms with Crippen LogP contribution in [0, 0.1) is 10.1 Å². The molecule has 1 saturated heterocycles. The highest BCUT2D eigenvalue weighted by molar-refractivity contribution is 5.95. The third kappa shape index (κ3) is 2.90. The monoisotopic (exact) mass is 263 g/mol. The summed E-state index contributed by atoms with van der Waals surface area (Å²) in [6, 6.07) is 4.82. The van der Waals surface area contributed by atoms with Gasteiger partial charge < -0.3 is 10.6 Å². The van der Waals surface area contributed by atoms with Crippen LogP contribution >= 0.6 is 0 Å². The zero-order valence-corrected chi connectivity index (χ0v) is 10.8. The number of nitro groups is 1. The minimum atomic E-state index is -0.434. The molecule has 0 saturated carbocycles. The summed E-state index contributed by atoms with van der Waals surface area (Å²) in [5.74, 6) is -0.171. The average Bonchev–Trinajstić information content (AvgIpc) is 2.38. The topological polar surface area (TPSA) is 89.5 Å². The van der Waals surface area contributed by atoms with E-state index in [-0.39, 0.29) is 17.5 Å². The van der Waals surface area contributed by atoms with Gasteiger partial charge in [-0.15, -0.1) is 0 Å². The maximum absolute atomic E-state index is 11.3. The van der Waals surface area contributed by atoms with Crippen LogP contribution in [-0.4, -0.2) is 29.8 Å². The Bertz CT molecular complexity index is 508. The minimum absolute atomic E-state index is 0.0110. The van der Waals surface area contributed by atoms with Crippen molar-refractivity contribution in [3.05, 3.63) is 33.9 Å². The highest BCUT2D eigenvalue weighted by Crippen LogP contribution is 2.31. The zero-order chi connectivity index (χ0) is 14.0. The maximum Gasteiger partial charge on any atom is 0.293 e. The van der Waals surface area contributed by atoms with E-state index in [0.717, 1.165) is 12.8 Å². The van der Waals surface area contributed by atoms with Crippen molar-refractivity contribution in [1.29, 1.82) is 0 Å². The van der Waals surface area contributed by atoms with Gasteiger partial charge in [-0.05, 0) is 31.9 Å². The summed E-state index contributed by atoms with van der Waals surface area (Å²) < 4.78 is 0. The molecule has 0 radical (unpaired) electrons. The average molecular weight is 263 g/mol. The zero-order valence-electron chi connectivity index (χ0n) is 10.8. The van der Waals surface area contributed by atoms with Crippen LogP contribution in [0.3, 0.4) is 0 Å². The molecule has 1 heterocycles. The van der Waals surface area contributed by atoms with Crippen molar-refractivity contribution in [1.82, 2.24) is 0 Å². The number of carbonyl (C=O) groups is 1. The van der Waals surface area contributed by atoms with Gasteiger partial charge in [0.1, 0.15) is 5.69 Å². The molecule has 2 N–H and O–H groups in total. The molecule has 19 heavy (non-hydrogen) atoms. The molecule has 2 rings (SSSR count). The Morgan fingerprint density at radius 1 is 1.42 bits per heavy atom. The Labute approximate surface area is 111 Å². The molecule has 0 aliphatic carbocycles. The highest BCUT2D eigenvalue weighted by atomic mass is 16.6. The lowest BCUT2D eigenvalue weighted by Crippen LogP contribution is -2.39. The molecule has 102 valence electrons. The van der Waals surface area contributed by atoms with Crippen molar-refractivity contribution in [2.75, 3.05) is 18.0 Å². The molecule has 1 aromatic carbocycles. The lowest BCUT2D eigenvalue weighted by molar-refractivity contribution is -0.384. The highest BCUT2D eigenvalue weighted by Gasteiger charge is 2.24. The van der Waals surface area contributed by atoms with Gasteiger partial charge >= 0.3 is 0 Å². The van der Waals surface area contributed by atoms with E-state index in [1.165, 1.54) is 13.0 Å². The summed E-state index contributed by atoms with van der Waals surface area (Å²) in [7, 11) is 0. The number of anilines is 1. The lowest BCUT2D eigenvalue weighted by Gasteiger charge is -2.31. The Morgan fingerprint density at radius 2 is 2.05 bits per heavy atom. The molecule has 0 spiro atoms. The largest absolute Gasteiger partial charge is 0.366 e. The second-order valence-corrected chi connectivity index (χ2v) is 4.84. The number of nitrogens with zero attached hydrogens (tertiary/aromatic N) is 2. The molecule has 1 aliphatic heterocycles. The van der Waals surface area contributed by atoms with Crippen LogP contribution in [0.15, 0.2) is 18.2 Å². The van der Waals surface area contributed by atoms with Crippen molar-refractivity contribution < 1.29 is 9.72 Å². The molecular weight excluding hydrogens is 246 g/mol. The van der Waals surface area contributed by atoms with E-state index in [2.05, 4.69) is 0 Å². The summed E-state index contributed by atoms with van der Waals surface area (Å²) in [5, 5.41) is 11.1. The minimum Gasteiger partial charge on any atom is -0.366 e. The predicted octanol–water partition coefficient (Wildman–Crippen LogP) is 1.72. The molecule has 0 aromatic heterocycles. The first kappa shape index (κ1) is 13.5. The van der Waals surface area contributed by atoms with Gasteiger partial charge in [0.2, 0.25) is 0 Å². The van der Waals surface area contributed by atoms with Gasteiger partial charge in [0, 0.05) is 30.8 Å². The predicted molar refractivity (Wildman–Crippen MR) is 72.5 cm³/mol. The lowest BCUT2D eigenvalue weighted by atomic mass is 10.0. The first-order chi connectivity index (χ1) is 8.99. The summed E-state index contributed by atoms with van der Waals surface area (Å²) in [5.41, 5.74) is 6.76. The second kappa shape index (κ2) is 5.36. The Morgan fingerprint density at radius 3 is 2.58 bits per heavy atom. The molecule has 6 heteroatoms. The molecule has 1 aliphatic rings. The molecule has 0 atom stereocenters. The van der Waals surface area contributed by atoms with Gasteiger partial charge in [-0.3, -0.25) is 14.9 Å². The molecule has 0 bridgehead atoms. The fourth-order valence-electron chi connectivity index (χ4n) is 2.30. The van der Waals surface area contributed by atoms with Gasteiger partial charge in [-0.25, -0.2) is 0 Å². The smallest absolute Gasteiger partial charge is 0.293 e. The number of Topliss-reactive ketones (excluding diaryl/α,β-unsaturated/α-hetero) is 1. The number of piperidine rings is 1. The first-order valence-electron chi connectivity index (χ1n) is 6.29. The van der Waals surface area contributed by atoms with E-state index in [1.807, 2.05) is 4.90 Å². The van der Waals surface area contributed by atoms with Gasteiger partial charge in [0.25, 0.3) is 5.69 Å². The van der Waals surface area contributed by atoms with Crippen LogP contribution in [-0.2, 0) is 0 Å². The number of benzene rings is 1. The fraction of sp³-hybridized carbons (Fsp3) is 0.462. The van der Waals surface area contributed by atoms with Crippen molar-refractivity contribution >= 4 is 17.2 Å². The summed E-state index contributed by atoms with van der Waals surface area (Å²) >= 11 is 0. The van der Waals surface area contributed by atoms with Gasteiger partial charge in [0.05, 0.1) is 4.92 Å². The fourth-order valence-corrected chi connectivity index (χ4v) is 2.30. The van der Waals surface area contributed by atoms with Gasteiger partial charge in [0.15, 0.2) is 5.78 Å². The number of rotatable bonds is 3. The third-order valence-corrected chi connectivity index (χ3v) is 3.46. The van der Waals surface area contributed by atoms with E-state index in [1.54, 1.807) is 12.1 Å². The standard InChI is InChI=1S/C13H17N3O3/c1-9(17)10-2-3-12(13(8-10)16(18)19)15-6-4-11(14)5-7-15/h2-3,8,11H,4-7,14H2,1H3. The van der Waals surface area contributed by atoms with Crippen LogP contribution in [0.2, 0.25) is 0 Å². The van der Waals surface area contributed by atoms with E-state index >= 15 is 0 Å². The normalized spacial score (nSPS) is 16.4. The molecule has 1 fully saturated rings. The molecular formula is C13H17N3O3. The SMILES string of the molecule is CC(=O)c1ccc(N2CCC(N)CC2)c([N+](=O)[O-])c1. The van der Waals surface area contributed by atoms with Crippen molar-refractivity contribution in [2.45, 2.75) is 25.8 Å². The number of nitrogens with two attached hydrogens (primary N) is 1. The van der Waals surface area contributed by atoms with E-state index in [4.69, 9.17) is 5.73 Å². The molecule has 0 amide bonds. The van der Waals surface area contributed by atoms with Gasteiger partial charge in [-0.1, -0.05) is 0 Å². The first-order valence-corrected chi connectivity index (χ1v) is 6.29. The Balaban J connectivity index is 2.34. The Hall–Kier alpha value is -1.95. The van der Waals surface area contributed by atoms with Crippen LogP contribution < -0.4 is 10.6 Å². The summed E-state index contributed by atoms with van der Waals surface area (Å²) in [6.07, 6.45) is 1.65. The quantitative estimate of drug-likeness (QED) is 0.509. The van der Waals surface area contributed by atoms with Crippen LogP contribution in [0.25, 0.3) is 0 Å². The Kier molecular flexibility index (Phi) is 3.80.